The standard InChI is InChI=1S/C27H45O5P/c1-22(2)11-9-12-23(3)13-10-17-27(4)18-16-24-21-25(14-15-26(24)32-27)31-19-7-5-6-8-20-33(28,29)30/h10,14-15,17,21-23H,5-9,11-13,16,18-20H2,1-4H3,(H2,28,29,30)/b17-10+. The smallest absolute Gasteiger partial charge is 0.325 e. The van der Waals surface area contributed by atoms with Crippen LogP contribution in [0.5, 0.6) is 11.5 Å². The van der Waals surface area contributed by atoms with Crippen LogP contribution in [0.4, 0.5) is 0 Å². The highest BCUT2D eigenvalue weighted by Gasteiger charge is 2.29. The van der Waals surface area contributed by atoms with Crippen molar-refractivity contribution in [2.45, 2.75) is 97.5 Å². The largest absolute Gasteiger partial charge is 0.494 e. The summed E-state index contributed by atoms with van der Waals surface area (Å²) in [6.07, 6.45) is 14.7. The number of fused-ring (bicyclic) bond motifs is 1. The molecular formula is C27H45O5P. The van der Waals surface area contributed by atoms with Gasteiger partial charge in [-0.2, -0.15) is 0 Å². The average Bonchev–Trinajstić information content (AvgIpc) is 2.72. The minimum absolute atomic E-state index is 0.0237. The molecule has 0 radical (unpaired) electrons. The van der Waals surface area contributed by atoms with Gasteiger partial charge >= 0.3 is 7.60 Å². The molecule has 0 aromatic heterocycles. The molecule has 1 aliphatic heterocycles. The van der Waals surface area contributed by atoms with Crippen LogP contribution in [0.15, 0.2) is 30.4 Å². The van der Waals surface area contributed by atoms with Gasteiger partial charge in [-0.1, -0.05) is 59.0 Å². The molecule has 2 N–H and O–H groups in total. The molecule has 0 aliphatic carbocycles. The topological polar surface area (TPSA) is 76.0 Å². The Labute approximate surface area is 201 Å². The lowest BCUT2D eigenvalue weighted by Crippen LogP contribution is -2.34. The van der Waals surface area contributed by atoms with Crippen LogP contribution in [0, 0.1) is 11.8 Å². The van der Waals surface area contributed by atoms with Gasteiger partial charge in [-0.15, -0.1) is 0 Å². The molecule has 0 saturated carbocycles. The predicted molar refractivity (Wildman–Crippen MR) is 136 cm³/mol. The normalized spacial score (nSPS) is 19.5. The van der Waals surface area contributed by atoms with Gasteiger partial charge in [0.25, 0.3) is 0 Å². The molecule has 2 rings (SSSR count). The Balaban J connectivity index is 1.72. The van der Waals surface area contributed by atoms with Crippen molar-refractivity contribution in [3.63, 3.8) is 0 Å². The summed E-state index contributed by atoms with van der Waals surface area (Å²) in [6.45, 7) is 9.72. The molecule has 0 saturated heterocycles. The van der Waals surface area contributed by atoms with Gasteiger partial charge in [0.05, 0.1) is 6.61 Å². The minimum Gasteiger partial charge on any atom is -0.494 e. The zero-order chi connectivity index (χ0) is 24.3. The van der Waals surface area contributed by atoms with Crippen LogP contribution in [0.3, 0.4) is 0 Å². The molecule has 1 aromatic carbocycles. The van der Waals surface area contributed by atoms with Gasteiger partial charge in [0.15, 0.2) is 0 Å². The summed E-state index contributed by atoms with van der Waals surface area (Å²) >= 11 is 0. The van der Waals surface area contributed by atoms with Crippen LogP contribution in [0.25, 0.3) is 0 Å². The van der Waals surface area contributed by atoms with Crippen LogP contribution in [0.2, 0.25) is 0 Å². The average molecular weight is 481 g/mol. The maximum absolute atomic E-state index is 10.9. The number of hydrogen-bond donors (Lipinski definition) is 2. The maximum Gasteiger partial charge on any atom is 0.325 e. The third kappa shape index (κ3) is 11.6. The van der Waals surface area contributed by atoms with Gasteiger partial charge < -0.3 is 19.3 Å². The predicted octanol–water partition coefficient (Wildman–Crippen LogP) is 7.30. The molecule has 1 aliphatic rings. The van der Waals surface area contributed by atoms with Gasteiger partial charge in [-0.05, 0) is 80.7 Å². The van der Waals surface area contributed by atoms with Crippen molar-refractivity contribution < 1.29 is 23.8 Å². The maximum atomic E-state index is 10.9. The van der Waals surface area contributed by atoms with E-state index in [-0.39, 0.29) is 11.8 Å². The summed E-state index contributed by atoms with van der Waals surface area (Å²) in [5.41, 5.74) is 0.946. The fourth-order valence-electron chi connectivity index (χ4n) is 4.25. The summed E-state index contributed by atoms with van der Waals surface area (Å²) in [5.74, 6) is 3.32. The SMILES string of the molecule is CC(C)CCCC(C)C/C=C/C1(C)CCc2cc(OCCCCCCP(=O)(O)O)ccc2O1. The Morgan fingerprint density at radius 3 is 2.61 bits per heavy atom. The third-order valence-electron chi connectivity index (χ3n) is 6.37. The molecule has 188 valence electrons. The number of ether oxygens (including phenoxy) is 2. The van der Waals surface area contributed by atoms with Crippen LogP contribution in [-0.4, -0.2) is 28.2 Å². The lowest BCUT2D eigenvalue weighted by atomic mass is 9.91. The molecule has 5 nitrogen and oxygen atoms in total. The second kappa shape index (κ2) is 13.6. The van der Waals surface area contributed by atoms with E-state index in [4.69, 9.17) is 19.3 Å². The number of rotatable bonds is 15. The minimum atomic E-state index is -3.86. The van der Waals surface area contributed by atoms with Gasteiger partial charge in [-0.25, -0.2) is 0 Å². The van der Waals surface area contributed by atoms with E-state index >= 15 is 0 Å². The van der Waals surface area contributed by atoms with E-state index < -0.39 is 7.60 Å². The van der Waals surface area contributed by atoms with E-state index in [0.717, 1.165) is 55.9 Å². The molecule has 1 heterocycles. The Morgan fingerprint density at radius 1 is 1.12 bits per heavy atom. The summed E-state index contributed by atoms with van der Waals surface area (Å²) in [5, 5.41) is 0. The number of hydrogen-bond acceptors (Lipinski definition) is 3. The van der Waals surface area contributed by atoms with Crippen molar-refractivity contribution in [3.05, 3.63) is 35.9 Å². The van der Waals surface area contributed by atoms with Gasteiger partial charge in [0, 0.05) is 6.16 Å². The molecule has 6 heteroatoms. The molecule has 2 unspecified atom stereocenters. The molecule has 1 aromatic rings. The van der Waals surface area contributed by atoms with Crippen molar-refractivity contribution in [3.8, 4) is 11.5 Å². The number of benzene rings is 1. The van der Waals surface area contributed by atoms with E-state index in [1.54, 1.807) is 0 Å². The van der Waals surface area contributed by atoms with Gasteiger partial charge in [-0.3, -0.25) is 4.57 Å². The van der Waals surface area contributed by atoms with Crippen molar-refractivity contribution >= 4 is 7.60 Å². The van der Waals surface area contributed by atoms with E-state index in [1.165, 1.54) is 24.8 Å². The van der Waals surface area contributed by atoms with Gasteiger partial charge in [0.1, 0.15) is 17.1 Å². The third-order valence-corrected chi connectivity index (χ3v) is 7.26. The first-order valence-electron chi connectivity index (χ1n) is 12.7. The second-order valence-corrected chi connectivity index (χ2v) is 12.2. The Hall–Kier alpha value is -1.29. The van der Waals surface area contributed by atoms with E-state index in [0.29, 0.717) is 18.9 Å². The highest BCUT2D eigenvalue weighted by molar-refractivity contribution is 7.51. The quantitative estimate of drug-likeness (QED) is 0.156. The van der Waals surface area contributed by atoms with Crippen molar-refractivity contribution in [1.29, 1.82) is 0 Å². The number of aryl methyl sites for hydroxylation is 1. The van der Waals surface area contributed by atoms with Crippen LogP contribution >= 0.6 is 7.60 Å². The first-order chi connectivity index (χ1) is 15.6. The molecular weight excluding hydrogens is 435 g/mol. The summed E-state index contributed by atoms with van der Waals surface area (Å²) in [4.78, 5) is 17.8. The monoisotopic (exact) mass is 480 g/mol. The molecule has 0 spiro atoms. The molecule has 0 fully saturated rings. The Kier molecular flexibility index (Phi) is 11.5. The Bertz CT molecular complexity index is 785. The van der Waals surface area contributed by atoms with Crippen molar-refractivity contribution in [2.75, 3.05) is 12.8 Å². The number of unbranched alkanes of at least 4 members (excludes halogenated alkanes) is 3. The van der Waals surface area contributed by atoms with Gasteiger partial charge in [0.2, 0.25) is 0 Å². The zero-order valence-electron chi connectivity index (χ0n) is 21.1. The fraction of sp³-hybridized carbons (Fsp3) is 0.704. The fourth-order valence-corrected chi connectivity index (χ4v) is 4.88. The Morgan fingerprint density at radius 2 is 1.88 bits per heavy atom. The number of allylic oxidation sites excluding steroid dienone is 1. The van der Waals surface area contributed by atoms with E-state index in [9.17, 15) is 4.57 Å². The molecule has 0 bridgehead atoms. The molecule has 33 heavy (non-hydrogen) atoms. The van der Waals surface area contributed by atoms with Crippen molar-refractivity contribution in [1.82, 2.24) is 0 Å². The van der Waals surface area contributed by atoms with Crippen molar-refractivity contribution in [2.24, 2.45) is 11.8 Å². The lowest BCUT2D eigenvalue weighted by molar-refractivity contribution is 0.114. The summed E-state index contributed by atoms with van der Waals surface area (Å²) in [6, 6.07) is 6.08. The zero-order valence-corrected chi connectivity index (χ0v) is 22.0. The van der Waals surface area contributed by atoms with Crippen LogP contribution < -0.4 is 9.47 Å². The highest BCUT2D eigenvalue weighted by Crippen LogP contribution is 2.37. The highest BCUT2D eigenvalue weighted by atomic mass is 31.2. The van der Waals surface area contributed by atoms with Crippen LogP contribution in [-0.2, 0) is 11.0 Å². The van der Waals surface area contributed by atoms with E-state index in [2.05, 4.69) is 45.9 Å². The van der Waals surface area contributed by atoms with E-state index in [1.807, 2.05) is 12.1 Å². The van der Waals surface area contributed by atoms with Crippen LogP contribution in [0.1, 0.15) is 91.0 Å². The second-order valence-electron chi connectivity index (χ2n) is 10.4. The summed E-state index contributed by atoms with van der Waals surface area (Å²) in [7, 11) is -3.86. The molecule has 0 amide bonds. The summed E-state index contributed by atoms with van der Waals surface area (Å²) < 4.78 is 23.1. The first kappa shape index (κ1) is 28.0. The first-order valence-corrected chi connectivity index (χ1v) is 14.5. The molecule has 2 atom stereocenters. The lowest BCUT2D eigenvalue weighted by Gasteiger charge is -2.33.